The maximum Gasteiger partial charge on any atom is 0.258 e. The molecule has 1 unspecified atom stereocenters. The molecule has 2 saturated heterocycles. The molecule has 0 saturated carbocycles. The van der Waals surface area contributed by atoms with Gasteiger partial charge in [0.15, 0.2) is 0 Å². The van der Waals surface area contributed by atoms with Gasteiger partial charge in [0.25, 0.3) is 5.91 Å². The molecule has 27 heavy (non-hydrogen) atoms. The van der Waals surface area contributed by atoms with Crippen LogP contribution in [0.25, 0.3) is 0 Å². The van der Waals surface area contributed by atoms with Gasteiger partial charge in [-0.15, -0.1) is 0 Å². The minimum Gasteiger partial charge on any atom is -0.377 e. The second-order valence-electron chi connectivity index (χ2n) is 7.30. The van der Waals surface area contributed by atoms with Crippen LogP contribution in [0.2, 0.25) is 0 Å². The summed E-state index contributed by atoms with van der Waals surface area (Å²) in [6.07, 6.45) is 10.3. The molecule has 0 bridgehead atoms. The Hall–Kier alpha value is -2.25. The van der Waals surface area contributed by atoms with Crippen molar-refractivity contribution < 1.29 is 18.8 Å². The SMILES string of the molecule is O=C(c1cnoc1)N1CCC2(CC1)OCCC2CCOCc1ccncc1. The second kappa shape index (κ2) is 8.19. The molecule has 2 aliphatic rings. The zero-order chi connectivity index (χ0) is 18.5. The standard InChI is InChI=1S/C20H25N3O4/c24-19(17-13-22-27-15-17)23-9-5-20(6-10-23)18(4-12-26-20)3-11-25-14-16-1-7-21-8-2-16/h1-2,7-8,13,15,18H,3-6,9-12,14H2. The third-order valence-corrected chi connectivity index (χ3v) is 5.80. The van der Waals surface area contributed by atoms with E-state index in [9.17, 15) is 4.79 Å². The Morgan fingerprint density at radius 3 is 2.85 bits per heavy atom. The van der Waals surface area contributed by atoms with Crippen LogP contribution in [0.3, 0.4) is 0 Å². The van der Waals surface area contributed by atoms with Crippen LogP contribution in [0.1, 0.15) is 41.6 Å². The Labute approximate surface area is 158 Å². The van der Waals surface area contributed by atoms with Crippen LogP contribution < -0.4 is 0 Å². The zero-order valence-electron chi connectivity index (χ0n) is 15.4. The lowest BCUT2D eigenvalue weighted by Gasteiger charge is -2.42. The first-order valence-corrected chi connectivity index (χ1v) is 9.56. The number of ether oxygens (including phenoxy) is 2. The number of likely N-dealkylation sites (tertiary alicyclic amines) is 1. The summed E-state index contributed by atoms with van der Waals surface area (Å²) >= 11 is 0. The average molecular weight is 371 g/mol. The van der Waals surface area contributed by atoms with Crippen molar-refractivity contribution in [3.8, 4) is 0 Å². The highest BCUT2D eigenvalue weighted by molar-refractivity contribution is 5.93. The molecular weight excluding hydrogens is 346 g/mol. The number of amides is 1. The highest BCUT2D eigenvalue weighted by Crippen LogP contribution is 2.42. The molecule has 4 rings (SSSR count). The fourth-order valence-electron chi connectivity index (χ4n) is 4.22. The maximum atomic E-state index is 12.5. The Kier molecular flexibility index (Phi) is 5.50. The largest absolute Gasteiger partial charge is 0.377 e. The van der Waals surface area contributed by atoms with Crippen molar-refractivity contribution in [2.75, 3.05) is 26.3 Å². The predicted octanol–water partition coefficient (Wildman–Crippen LogP) is 2.69. The molecule has 2 aliphatic heterocycles. The molecule has 2 aromatic rings. The molecule has 4 heterocycles. The number of carbonyl (C=O) groups is 1. The normalized spacial score (nSPS) is 21.6. The van der Waals surface area contributed by atoms with Gasteiger partial charge in [0, 0.05) is 38.7 Å². The summed E-state index contributed by atoms with van der Waals surface area (Å²) in [6, 6.07) is 3.95. The van der Waals surface area contributed by atoms with E-state index >= 15 is 0 Å². The molecule has 0 radical (unpaired) electrons. The van der Waals surface area contributed by atoms with Crippen molar-refractivity contribution in [3.05, 3.63) is 48.1 Å². The van der Waals surface area contributed by atoms with E-state index in [0.29, 0.717) is 31.2 Å². The fraction of sp³-hybridized carbons (Fsp3) is 0.550. The van der Waals surface area contributed by atoms with Crippen LogP contribution in [0.15, 0.2) is 41.5 Å². The Bertz CT molecular complexity index is 727. The number of carbonyl (C=O) groups excluding carboxylic acids is 1. The third kappa shape index (κ3) is 4.04. The monoisotopic (exact) mass is 371 g/mol. The second-order valence-corrected chi connectivity index (χ2v) is 7.30. The van der Waals surface area contributed by atoms with E-state index in [-0.39, 0.29) is 11.5 Å². The molecule has 0 aliphatic carbocycles. The highest BCUT2D eigenvalue weighted by atomic mass is 16.5. The van der Waals surface area contributed by atoms with Crippen molar-refractivity contribution in [1.29, 1.82) is 0 Å². The van der Waals surface area contributed by atoms with E-state index in [0.717, 1.165) is 44.5 Å². The lowest BCUT2D eigenvalue weighted by atomic mass is 9.78. The first-order valence-electron chi connectivity index (χ1n) is 9.56. The number of pyridine rings is 1. The highest BCUT2D eigenvalue weighted by Gasteiger charge is 2.46. The van der Waals surface area contributed by atoms with E-state index in [4.69, 9.17) is 14.0 Å². The predicted molar refractivity (Wildman–Crippen MR) is 96.9 cm³/mol. The van der Waals surface area contributed by atoms with Crippen LogP contribution in [-0.2, 0) is 16.1 Å². The van der Waals surface area contributed by atoms with Gasteiger partial charge in [0.2, 0.25) is 0 Å². The van der Waals surface area contributed by atoms with Crippen molar-refractivity contribution in [1.82, 2.24) is 15.0 Å². The minimum atomic E-state index is -0.106. The molecule has 144 valence electrons. The van der Waals surface area contributed by atoms with Gasteiger partial charge in [-0.25, -0.2) is 0 Å². The fourth-order valence-corrected chi connectivity index (χ4v) is 4.22. The molecule has 2 fully saturated rings. The third-order valence-electron chi connectivity index (χ3n) is 5.80. The molecule has 2 aromatic heterocycles. The maximum absolute atomic E-state index is 12.5. The number of hydrogen-bond acceptors (Lipinski definition) is 6. The minimum absolute atomic E-state index is 0.0127. The first-order chi connectivity index (χ1) is 13.3. The van der Waals surface area contributed by atoms with E-state index < -0.39 is 0 Å². The summed E-state index contributed by atoms with van der Waals surface area (Å²) < 4.78 is 16.8. The van der Waals surface area contributed by atoms with Gasteiger partial charge in [-0.05, 0) is 49.3 Å². The number of hydrogen-bond donors (Lipinski definition) is 0. The number of piperidine rings is 1. The van der Waals surface area contributed by atoms with Gasteiger partial charge in [0.1, 0.15) is 6.26 Å². The summed E-state index contributed by atoms with van der Waals surface area (Å²) in [6.45, 7) is 3.55. The number of aromatic nitrogens is 2. The molecule has 1 spiro atoms. The van der Waals surface area contributed by atoms with E-state index in [1.807, 2.05) is 17.0 Å². The van der Waals surface area contributed by atoms with Crippen molar-refractivity contribution in [2.24, 2.45) is 5.92 Å². The summed E-state index contributed by atoms with van der Waals surface area (Å²) in [5.41, 5.74) is 1.55. The zero-order valence-corrected chi connectivity index (χ0v) is 15.4. The molecular formula is C20H25N3O4. The van der Waals surface area contributed by atoms with Gasteiger partial charge in [-0.2, -0.15) is 0 Å². The Balaban J connectivity index is 1.26. The van der Waals surface area contributed by atoms with Crippen molar-refractivity contribution >= 4 is 5.91 Å². The summed E-state index contributed by atoms with van der Waals surface area (Å²) in [7, 11) is 0. The average Bonchev–Trinajstić information content (AvgIpc) is 3.37. The molecule has 1 atom stereocenters. The quantitative estimate of drug-likeness (QED) is 0.727. The van der Waals surface area contributed by atoms with E-state index in [1.165, 1.54) is 12.5 Å². The smallest absolute Gasteiger partial charge is 0.258 e. The number of rotatable bonds is 6. The molecule has 0 aromatic carbocycles. The van der Waals surface area contributed by atoms with Gasteiger partial charge < -0.3 is 18.9 Å². The van der Waals surface area contributed by atoms with Crippen LogP contribution >= 0.6 is 0 Å². The van der Waals surface area contributed by atoms with E-state index in [2.05, 4.69) is 10.1 Å². The van der Waals surface area contributed by atoms with Gasteiger partial charge in [0.05, 0.1) is 24.0 Å². The topological polar surface area (TPSA) is 77.7 Å². The van der Waals surface area contributed by atoms with Gasteiger partial charge in [-0.3, -0.25) is 9.78 Å². The van der Waals surface area contributed by atoms with Crippen molar-refractivity contribution in [2.45, 2.75) is 37.9 Å². The van der Waals surface area contributed by atoms with Gasteiger partial charge in [-0.1, -0.05) is 5.16 Å². The summed E-state index contributed by atoms with van der Waals surface area (Å²) in [4.78, 5) is 18.3. The molecule has 7 nitrogen and oxygen atoms in total. The molecule has 1 amide bonds. The van der Waals surface area contributed by atoms with Crippen LogP contribution in [0.4, 0.5) is 0 Å². The lowest BCUT2D eigenvalue weighted by Crippen LogP contribution is -2.49. The Morgan fingerprint density at radius 1 is 1.30 bits per heavy atom. The van der Waals surface area contributed by atoms with Crippen LogP contribution in [-0.4, -0.2) is 52.9 Å². The van der Waals surface area contributed by atoms with Gasteiger partial charge >= 0.3 is 0 Å². The first kappa shape index (κ1) is 18.1. The summed E-state index contributed by atoms with van der Waals surface area (Å²) in [5.74, 6) is 0.476. The number of nitrogens with zero attached hydrogens (tertiary/aromatic N) is 3. The van der Waals surface area contributed by atoms with Crippen LogP contribution in [0, 0.1) is 5.92 Å². The molecule has 7 heteroatoms. The summed E-state index contributed by atoms with van der Waals surface area (Å²) in [5, 5.41) is 3.62. The molecule has 0 N–H and O–H groups in total. The van der Waals surface area contributed by atoms with E-state index in [1.54, 1.807) is 12.4 Å². The lowest BCUT2D eigenvalue weighted by molar-refractivity contribution is -0.0675. The van der Waals surface area contributed by atoms with Crippen molar-refractivity contribution in [3.63, 3.8) is 0 Å². The Morgan fingerprint density at radius 2 is 2.11 bits per heavy atom. The van der Waals surface area contributed by atoms with Crippen LogP contribution in [0.5, 0.6) is 0 Å².